The molecule has 4 heteroatoms. The predicted octanol–water partition coefficient (Wildman–Crippen LogP) is 3.59. The summed E-state index contributed by atoms with van der Waals surface area (Å²) in [5.74, 6) is 1.92. The van der Waals surface area contributed by atoms with Crippen LogP contribution in [0.25, 0.3) is 0 Å². The van der Waals surface area contributed by atoms with Crippen LogP contribution in [0, 0.1) is 17.8 Å². The summed E-state index contributed by atoms with van der Waals surface area (Å²) in [6.07, 6.45) is 10.8. The van der Waals surface area contributed by atoms with E-state index in [0.29, 0.717) is 25.0 Å². The first-order chi connectivity index (χ1) is 11.3. The van der Waals surface area contributed by atoms with E-state index in [1.54, 1.807) is 0 Å². The third kappa shape index (κ3) is 4.48. The topological polar surface area (TPSA) is 38.8 Å². The molecule has 0 N–H and O–H groups in total. The van der Waals surface area contributed by atoms with Crippen LogP contribution in [0.3, 0.4) is 0 Å². The van der Waals surface area contributed by atoms with Gasteiger partial charge in [0.25, 0.3) is 0 Å². The van der Waals surface area contributed by atoms with E-state index < -0.39 is 0 Å². The summed E-state index contributed by atoms with van der Waals surface area (Å²) in [5, 5.41) is 0. The number of piperidine rings is 1. The molecule has 0 radical (unpaired) electrons. The molecule has 1 amide bonds. The number of carbonyl (C=O) groups excluding carboxylic acids is 1. The van der Waals surface area contributed by atoms with Crippen molar-refractivity contribution in [3.8, 4) is 0 Å². The van der Waals surface area contributed by atoms with Crippen LogP contribution in [-0.4, -0.2) is 43.4 Å². The van der Waals surface area contributed by atoms with Crippen molar-refractivity contribution in [3.63, 3.8) is 0 Å². The van der Waals surface area contributed by atoms with Gasteiger partial charge < -0.3 is 14.4 Å². The number of hydrogen-bond donors (Lipinski definition) is 0. The van der Waals surface area contributed by atoms with Crippen molar-refractivity contribution in [1.29, 1.82) is 0 Å². The second-order valence-electron chi connectivity index (χ2n) is 7.66. The molecule has 3 aliphatic rings. The van der Waals surface area contributed by atoms with Crippen LogP contribution in [0.5, 0.6) is 0 Å². The largest absolute Gasteiger partial charge is 0.350 e. The fourth-order valence-corrected chi connectivity index (χ4v) is 4.53. The van der Waals surface area contributed by atoms with Crippen LogP contribution in [-0.2, 0) is 14.3 Å². The highest BCUT2D eigenvalue weighted by atomic mass is 16.7. The fraction of sp³-hybridized carbons (Fsp3) is 0.947. The lowest BCUT2D eigenvalue weighted by Gasteiger charge is -2.38. The van der Waals surface area contributed by atoms with E-state index in [-0.39, 0.29) is 12.2 Å². The molecule has 1 unspecified atom stereocenters. The molecule has 132 valence electrons. The zero-order valence-corrected chi connectivity index (χ0v) is 14.7. The van der Waals surface area contributed by atoms with Gasteiger partial charge in [0.1, 0.15) is 0 Å². The maximum absolute atomic E-state index is 12.9. The lowest BCUT2D eigenvalue weighted by Crippen LogP contribution is -2.46. The van der Waals surface area contributed by atoms with Crippen molar-refractivity contribution >= 4 is 5.91 Å². The monoisotopic (exact) mass is 323 g/mol. The summed E-state index contributed by atoms with van der Waals surface area (Å²) in [4.78, 5) is 15.0. The van der Waals surface area contributed by atoms with Crippen molar-refractivity contribution in [2.75, 3.05) is 26.3 Å². The van der Waals surface area contributed by atoms with Crippen molar-refractivity contribution in [2.24, 2.45) is 17.8 Å². The number of likely N-dealkylation sites (tertiary alicyclic amines) is 1. The third-order valence-corrected chi connectivity index (χ3v) is 5.96. The summed E-state index contributed by atoms with van der Waals surface area (Å²) in [7, 11) is 0. The number of ether oxygens (including phenoxy) is 2. The molecule has 2 aliphatic heterocycles. The number of carbonyl (C=O) groups is 1. The molecular formula is C19H33NO3. The average Bonchev–Trinajstić information content (AvgIpc) is 3.14. The number of rotatable bonds is 5. The van der Waals surface area contributed by atoms with Crippen LogP contribution >= 0.6 is 0 Å². The number of hydrogen-bond acceptors (Lipinski definition) is 3. The highest BCUT2D eigenvalue weighted by molar-refractivity contribution is 5.79. The van der Waals surface area contributed by atoms with E-state index in [2.05, 4.69) is 11.8 Å². The van der Waals surface area contributed by atoms with Crippen LogP contribution < -0.4 is 0 Å². The first-order valence-electron chi connectivity index (χ1n) is 9.80. The second kappa shape index (κ2) is 8.48. The normalized spacial score (nSPS) is 33.1. The SMILES string of the molecule is CCCCC1CCC(C(=O)N2CCCC(C3OCCO3)C2)CC1. The van der Waals surface area contributed by atoms with Gasteiger partial charge in [-0.05, 0) is 44.4 Å². The quantitative estimate of drug-likeness (QED) is 0.776. The van der Waals surface area contributed by atoms with Gasteiger partial charge in [-0.3, -0.25) is 4.79 Å². The van der Waals surface area contributed by atoms with E-state index in [1.807, 2.05) is 0 Å². The maximum atomic E-state index is 12.9. The van der Waals surface area contributed by atoms with E-state index in [0.717, 1.165) is 44.7 Å². The highest BCUT2D eigenvalue weighted by Gasteiger charge is 2.35. The molecule has 1 aliphatic carbocycles. The van der Waals surface area contributed by atoms with Gasteiger partial charge in [0.05, 0.1) is 13.2 Å². The summed E-state index contributed by atoms with van der Waals surface area (Å²) < 4.78 is 11.3. The molecule has 0 bridgehead atoms. The number of amides is 1. The highest BCUT2D eigenvalue weighted by Crippen LogP contribution is 2.34. The van der Waals surface area contributed by atoms with Gasteiger partial charge in [0, 0.05) is 24.9 Å². The first-order valence-corrected chi connectivity index (χ1v) is 9.80. The van der Waals surface area contributed by atoms with Crippen molar-refractivity contribution in [2.45, 2.75) is 71.0 Å². The average molecular weight is 323 g/mol. The van der Waals surface area contributed by atoms with Gasteiger partial charge in [0.2, 0.25) is 5.91 Å². The predicted molar refractivity (Wildman–Crippen MR) is 90.0 cm³/mol. The fourth-order valence-electron chi connectivity index (χ4n) is 4.53. The van der Waals surface area contributed by atoms with Crippen molar-refractivity contribution in [1.82, 2.24) is 4.90 Å². The second-order valence-corrected chi connectivity index (χ2v) is 7.66. The maximum Gasteiger partial charge on any atom is 0.225 e. The lowest BCUT2D eigenvalue weighted by atomic mass is 9.79. The Kier molecular flexibility index (Phi) is 6.35. The molecule has 23 heavy (non-hydrogen) atoms. The molecule has 3 rings (SSSR count). The molecule has 1 saturated carbocycles. The van der Waals surface area contributed by atoms with Gasteiger partial charge in [-0.25, -0.2) is 0 Å². The van der Waals surface area contributed by atoms with Gasteiger partial charge in [0.15, 0.2) is 6.29 Å². The Labute approximate surface area is 140 Å². The van der Waals surface area contributed by atoms with Gasteiger partial charge in [-0.2, -0.15) is 0 Å². The number of unbranched alkanes of at least 4 members (excludes halogenated alkanes) is 1. The summed E-state index contributed by atoms with van der Waals surface area (Å²) in [6, 6.07) is 0. The molecule has 0 aromatic rings. The molecule has 0 aromatic carbocycles. The van der Waals surface area contributed by atoms with Crippen molar-refractivity contribution < 1.29 is 14.3 Å². The minimum absolute atomic E-state index is 0.0737. The molecular weight excluding hydrogens is 290 g/mol. The Hall–Kier alpha value is -0.610. The summed E-state index contributed by atoms with van der Waals surface area (Å²) in [6.45, 7) is 5.44. The number of nitrogens with zero attached hydrogens (tertiary/aromatic N) is 1. The Morgan fingerprint density at radius 1 is 1.09 bits per heavy atom. The molecule has 2 saturated heterocycles. The molecule has 2 heterocycles. The van der Waals surface area contributed by atoms with Gasteiger partial charge in [-0.15, -0.1) is 0 Å². The molecule has 3 fully saturated rings. The third-order valence-electron chi connectivity index (χ3n) is 5.96. The molecule has 0 spiro atoms. The van der Waals surface area contributed by atoms with Crippen LogP contribution in [0.1, 0.15) is 64.7 Å². The minimum Gasteiger partial charge on any atom is -0.350 e. The standard InChI is InChI=1S/C19H33NO3/c1-2-3-5-15-7-9-16(10-8-15)18(21)20-11-4-6-17(14-20)19-22-12-13-23-19/h15-17,19H,2-14H2,1H3. The van der Waals surface area contributed by atoms with E-state index in [1.165, 1.54) is 32.1 Å². The van der Waals surface area contributed by atoms with Gasteiger partial charge >= 0.3 is 0 Å². The van der Waals surface area contributed by atoms with Crippen molar-refractivity contribution in [3.05, 3.63) is 0 Å². The van der Waals surface area contributed by atoms with Crippen LogP contribution in [0.15, 0.2) is 0 Å². The Bertz CT molecular complexity index is 373. The van der Waals surface area contributed by atoms with Crippen LogP contribution in [0.4, 0.5) is 0 Å². The Morgan fingerprint density at radius 2 is 1.83 bits per heavy atom. The Balaban J connectivity index is 1.46. The molecule has 0 aromatic heterocycles. The zero-order valence-electron chi connectivity index (χ0n) is 14.7. The zero-order chi connectivity index (χ0) is 16.1. The molecule has 4 nitrogen and oxygen atoms in total. The summed E-state index contributed by atoms with van der Waals surface area (Å²) >= 11 is 0. The van der Waals surface area contributed by atoms with E-state index in [4.69, 9.17) is 9.47 Å². The lowest BCUT2D eigenvalue weighted by molar-refractivity contribution is -0.144. The summed E-state index contributed by atoms with van der Waals surface area (Å²) in [5.41, 5.74) is 0. The van der Waals surface area contributed by atoms with E-state index >= 15 is 0 Å². The van der Waals surface area contributed by atoms with Crippen LogP contribution in [0.2, 0.25) is 0 Å². The first kappa shape index (κ1) is 17.2. The minimum atomic E-state index is -0.0737. The van der Waals surface area contributed by atoms with Gasteiger partial charge in [-0.1, -0.05) is 26.2 Å². The Morgan fingerprint density at radius 3 is 2.52 bits per heavy atom. The van der Waals surface area contributed by atoms with E-state index in [9.17, 15) is 4.79 Å². The molecule has 1 atom stereocenters. The smallest absolute Gasteiger partial charge is 0.225 e.